The van der Waals surface area contributed by atoms with Crippen molar-refractivity contribution in [1.29, 1.82) is 0 Å². The van der Waals surface area contributed by atoms with Crippen LogP contribution in [-0.2, 0) is 9.53 Å². The lowest BCUT2D eigenvalue weighted by Crippen LogP contribution is -2.45. The molecule has 7 heteroatoms. The molecule has 1 heterocycles. The molecule has 1 aliphatic heterocycles. The van der Waals surface area contributed by atoms with Gasteiger partial charge in [0, 0.05) is 5.70 Å². The van der Waals surface area contributed by atoms with E-state index in [2.05, 4.69) is 10.6 Å². The van der Waals surface area contributed by atoms with Gasteiger partial charge in [0.2, 0.25) is 0 Å². The van der Waals surface area contributed by atoms with Crippen LogP contribution in [0.3, 0.4) is 0 Å². The number of nitrogens with one attached hydrogen (secondary N) is 2. The van der Waals surface area contributed by atoms with E-state index in [1.54, 1.807) is 26.2 Å². The average Bonchev–Trinajstić information content (AvgIpc) is 2.69. The molecule has 0 saturated heterocycles. The summed E-state index contributed by atoms with van der Waals surface area (Å²) in [5.74, 6) is 0.771. The molecule has 1 unspecified atom stereocenters. The Hall–Kier alpha value is -2.70. The Labute approximate surface area is 184 Å². The number of benzene rings is 1. The molecule has 0 bridgehead atoms. The fraction of sp³-hybridized carbons (Fsp3) is 0.583. The second-order valence-electron chi connectivity index (χ2n) is 8.52. The largest absolute Gasteiger partial charge is 0.493 e. The Bertz CT molecular complexity index is 825. The van der Waals surface area contributed by atoms with E-state index < -0.39 is 6.04 Å². The van der Waals surface area contributed by atoms with Crippen molar-refractivity contribution < 1.29 is 23.8 Å². The van der Waals surface area contributed by atoms with Crippen molar-refractivity contribution in [1.82, 2.24) is 10.6 Å². The van der Waals surface area contributed by atoms with Crippen LogP contribution in [0.25, 0.3) is 0 Å². The highest BCUT2D eigenvalue weighted by Crippen LogP contribution is 2.35. The summed E-state index contributed by atoms with van der Waals surface area (Å²) in [5.41, 5.74) is 1.65. The van der Waals surface area contributed by atoms with Crippen molar-refractivity contribution in [2.24, 2.45) is 0 Å². The van der Waals surface area contributed by atoms with E-state index in [1.807, 2.05) is 19.9 Å². The monoisotopic (exact) mass is 430 g/mol. The number of rotatable bonds is 6. The fourth-order valence-electron chi connectivity index (χ4n) is 4.18. The summed E-state index contributed by atoms with van der Waals surface area (Å²) in [5, 5.41) is 5.57. The number of urea groups is 1. The predicted molar refractivity (Wildman–Crippen MR) is 118 cm³/mol. The van der Waals surface area contributed by atoms with Crippen molar-refractivity contribution in [2.75, 3.05) is 7.11 Å². The summed E-state index contributed by atoms with van der Waals surface area (Å²) < 4.78 is 17.2. The average molecular weight is 431 g/mol. The third-order valence-electron chi connectivity index (χ3n) is 5.70. The van der Waals surface area contributed by atoms with E-state index >= 15 is 0 Å². The number of carbonyl (C=O) groups is 2. The maximum atomic E-state index is 13.2. The minimum absolute atomic E-state index is 0.00483. The van der Waals surface area contributed by atoms with Crippen LogP contribution < -0.4 is 20.1 Å². The molecule has 1 fully saturated rings. The number of esters is 1. The first-order valence-corrected chi connectivity index (χ1v) is 11.2. The normalized spacial score (nSPS) is 20.4. The number of carbonyl (C=O) groups excluding carboxylic acids is 2. The lowest BCUT2D eigenvalue weighted by atomic mass is 9.94. The molecule has 1 aromatic rings. The molecular formula is C24H34N2O5. The van der Waals surface area contributed by atoms with E-state index in [-0.39, 0.29) is 24.2 Å². The molecule has 0 aromatic heterocycles. The molecule has 1 atom stereocenters. The van der Waals surface area contributed by atoms with E-state index in [0.29, 0.717) is 22.8 Å². The van der Waals surface area contributed by atoms with E-state index in [4.69, 9.17) is 14.2 Å². The topological polar surface area (TPSA) is 85.9 Å². The number of ether oxygens (including phenoxy) is 3. The zero-order valence-corrected chi connectivity index (χ0v) is 19.0. The Morgan fingerprint density at radius 1 is 1.06 bits per heavy atom. The summed E-state index contributed by atoms with van der Waals surface area (Å²) in [4.78, 5) is 25.4. The Balaban J connectivity index is 1.86. The summed E-state index contributed by atoms with van der Waals surface area (Å²) in [6, 6.07) is 4.45. The molecular weight excluding hydrogens is 396 g/mol. The van der Waals surface area contributed by atoms with Gasteiger partial charge in [-0.15, -0.1) is 0 Å². The molecule has 31 heavy (non-hydrogen) atoms. The number of hydrogen-bond donors (Lipinski definition) is 2. The van der Waals surface area contributed by atoms with Crippen LogP contribution in [0.5, 0.6) is 11.5 Å². The molecule has 2 N–H and O–H groups in total. The summed E-state index contributed by atoms with van der Waals surface area (Å²) in [6.45, 7) is 5.61. The molecule has 1 saturated carbocycles. The highest BCUT2D eigenvalue weighted by atomic mass is 16.5. The first-order valence-electron chi connectivity index (χ1n) is 11.2. The number of hydrogen-bond acceptors (Lipinski definition) is 5. The lowest BCUT2D eigenvalue weighted by molar-refractivity contribution is -0.145. The van der Waals surface area contributed by atoms with Gasteiger partial charge in [0.1, 0.15) is 6.10 Å². The van der Waals surface area contributed by atoms with Crippen LogP contribution in [-0.4, -0.2) is 31.3 Å². The van der Waals surface area contributed by atoms with Gasteiger partial charge >= 0.3 is 12.0 Å². The van der Waals surface area contributed by atoms with Gasteiger partial charge in [-0.25, -0.2) is 9.59 Å². The smallest absolute Gasteiger partial charge is 0.338 e. The molecule has 1 aromatic carbocycles. The quantitative estimate of drug-likeness (QED) is 0.635. The molecule has 2 aliphatic rings. The SMILES string of the molecule is COc1cc(C2NC(=O)NC(C)=C2C(=O)OC2CCCCCCC2)ccc1OC(C)C. The first-order chi connectivity index (χ1) is 14.9. The van der Waals surface area contributed by atoms with Gasteiger partial charge in [0.05, 0.1) is 24.8 Å². The van der Waals surface area contributed by atoms with Gasteiger partial charge in [-0.3, -0.25) is 0 Å². The van der Waals surface area contributed by atoms with E-state index in [9.17, 15) is 9.59 Å². The van der Waals surface area contributed by atoms with Crippen molar-refractivity contribution >= 4 is 12.0 Å². The van der Waals surface area contributed by atoms with Gasteiger partial charge in [-0.2, -0.15) is 0 Å². The summed E-state index contributed by atoms with van der Waals surface area (Å²) in [6.07, 6.45) is 7.45. The van der Waals surface area contributed by atoms with E-state index in [0.717, 1.165) is 31.2 Å². The second-order valence-corrected chi connectivity index (χ2v) is 8.52. The van der Waals surface area contributed by atoms with Gasteiger partial charge in [-0.1, -0.05) is 25.3 Å². The molecule has 3 rings (SSSR count). The van der Waals surface area contributed by atoms with Crippen LogP contribution in [0, 0.1) is 0 Å². The van der Waals surface area contributed by atoms with Crippen molar-refractivity contribution in [3.05, 3.63) is 35.0 Å². The predicted octanol–water partition coefficient (Wildman–Crippen LogP) is 4.77. The molecule has 0 spiro atoms. The molecule has 170 valence electrons. The third kappa shape index (κ3) is 5.93. The highest BCUT2D eigenvalue weighted by molar-refractivity contribution is 5.95. The van der Waals surface area contributed by atoms with Crippen molar-refractivity contribution in [3.63, 3.8) is 0 Å². The zero-order chi connectivity index (χ0) is 22.4. The van der Waals surface area contributed by atoms with Gasteiger partial charge in [0.25, 0.3) is 0 Å². The van der Waals surface area contributed by atoms with Crippen LogP contribution in [0.15, 0.2) is 29.5 Å². The number of methoxy groups -OCH3 is 1. The Kier molecular flexibility index (Phi) is 7.82. The molecule has 1 aliphatic carbocycles. The van der Waals surface area contributed by atoms with Gasteiger partial charge in [-0.05, 0) is 64.2 Å². The maximum Gasteiger partial charge on any atom is 0.338 e. The minimum Gasteiger partial charge on any atom is -0.493 e. The van der Waals surface area contributed by atoms with Gasteiger partial charge in [0.15, 0.2) is 11.5 Å². The van der Waals surface area contributed by atoms with E-state index in [1.165, 1.54) is 19.3 Å². The highest BCUT2D eigenvalue weighted by Gasteiger charge is 2.34. The molecule has 0 radical (unpaired) electrons. The summed E-state index contributed by atoms with van der Waals surface area (Å²) >= 11 is 0. The van der Waals surface area contributed by atoms with Crippen molar-refractivity contribution in [2.45, 2.75) is 84.0 Å². The minimum atomic E-state index is -0.628. The Morgan fingerprint density at radius 3 is 2.39 bits per heavy atom. The lowest BCUT2D eigenvalue weighted by Gasteiger charge is -2.30. The standard InChI is InChI=1S/C24H34N2O5/c1-15(2)30-19-13-12-17(14-20(19)29-4)22-21(16(3)25-24(28)26-22)23(27)31-18-10-8-6-5-7-9-11-18/h12-15,18,22H,5-11H2,1-4H3,(H2,25,26,28). The molecule has 2 amide bonds. The number of allylic oxidation sites excluding steroid dienone is 1. The van der Waals surface area contributed by atoms with Crippen LogP contribution in [0.1, 0.15) is 77.3 Å². The van der Waals surface area contributed by atoms with Crippen LogP contribution in [0.4, 0.5) is 4.79 Å². The summed E-state index contributed by atoms with van der Waals surface area (Å²) in [7, 11) is 1.57. The first kappa shape index (κ1) is 23.0. The maximum absolute atomic E-state index is 13.2. The zero-order valence-electron chi connectivity index (χ0n) is 19.0. The third-order valence-corrected chi connectivity index (χ3v) is 5.70. The Morgan fingerprint density at radius 2 is 1.74 bits per heavy atom. The number of amides is 2. The fourth-order valence-corrected chi connectivity index (χ4v) is 4.18. The van der Waals surface area contributed by atoms with Gasteiger partial charge < -0.3 is 24.8 Å². The van der Waals surface area contributed by atoms with Crippen LogP contribution in [0.2, 0.25) is 0 Å². The van der Waals surface area contributed by atoms with Crippen LogP contribution >= 0.6 is 0 Å². The van der Waals surface area contributed by atoms with Crippen molar-refractivity contribution in [3.8, 4) is 11.5 Å². The second kappa shape index (κ2) is 10.6. The molecule has 7 nitrogen and oxygen atoms in total.